The van der Waals surface area contributed by atoms with Gasteiger partial charge in [-0.15, -0.1) is 11.8 Å². The van der Waals surface area contributed by atoms with Gasteiger partial charge in [0.1, 0.15) is 0 Å². The molecular weight excluding hydrogens is 190 g/mol. The van der Waals surface area contributed by atoms with Gasteiger partial charge < -0.3 is 5.73 Å². The van der Waals surface area contributed by atoms with Crippen LogP contribution in [-0.2, 0) is 0 Å². The highest BCUT2D eigenvalue weighted by atomic mass is 32.2. The lowest BCUT2D eigenvalue weighted by molar-refractivity contribution is 1.02. The first-order valence-corrected chi connectivity index (χ1v) is 6.39. The first-order valence-electron chi connectivity index (χ1n) is 5.51. The number of hydrogen-bond acceptors (Lipinski definition) is 2. The molecule has 0 amide bonds. The van der Waals surface area contributed by atoms with E-state index >= 15 is 0 Å². The summed E-state index contributed by atoms with van der Waals surface area (Å²) in [5, 5.41) is 1.82. The Morgan fingerprint density at radius 1 is 1.14 bits per heavy atom. The highest BCUT2D eigenvalue weighted by Crippen LogP contribution is 2.22. The van der Waals surface area contributed by atoms with Crippen LogP contribution in [0.4, 0.5) is 0 Å². The summed E-state index contributed by atoms with van der Waals surface area (Å²) in [4.78, 5) is 1.25. The molecule has 0 radical (unpaired) electrons. The third-order valence-corrected chi connectivity index (χ3v) is 2.29. The van der Waals surface area contributed by atoms with E-state index in [0.29, 0.717) is 0 Å². The first-order chi connectivity index (χ1) is 6.76. The van der Waals surface area contributed by atoms with E-state index in [1.54, 1.807) is 11.8 Å². The Labute approximate surface area is 94.8 Å². The number of thioether (sulfide) groups is 1. The number of hydrogen-bond donors (Lipinski definition) is 1. The molecule has 0 aromatic heterocycles. The van der Waals surface area contributed by atoms with Crippen LogP contribution >= 0.6 is 11.8 Å². The highest BCUT2D eigenvalue weighted by Gasteiger charge is 1.96. The van der Waals surface area contributed by atoms with Crippen LogP contribution in [-0.4, -0.2) is 0 Å². The van der Waals surface area contributed by atoms with Gasteiger partial charge in [0, 0.05) is 10.6 Å². The maximum Gasteiger partial charge on any atom is 0.0177 e. The van der Waals surface area contributed by atoms with E-state index in [2.05, 4.69) is 20.4 Å². The zero-order valence-electron chi connectivity index (χ0n) is 10.7. The maximum absolute atomic E-state index is 5.72. The molecule has 0 fully saturated rings. The van der Waals surface area contributed by atoms with Crippen molar-refractivity contribution in [2.45, 2.75) is 54.4 Å². The maximum atomic E-state index is 5.72. The summed E-state index contributed by atoms with van der Waals surface area (Å²) < 4.78 is 0. The van der Waals surface area contributed by atoms with Crippen molar-refractivity contribution in [2.24, 2.45) is 5.73 Å². The van der Waals surface area contributed by atoms with Crippen molar-refractivity contribution in [2.75, 3.05) is 0 Å². The molecular formula is C12H27NS. The molecule has 86 valence electrons. The third-order valence-electron chi connectivity index (χ3n) is 1.29. The topological polar surface area (TPSA) is 26.0 Å². The third kappa shape index (κ3) is 11.6. The highest BCUT2D eigenvalue weighted by molar-refractivity contribution is 8.05. The van der Waals surface area contributed by atoms with Crippen LogP contribution in [0.15, 0.2) is 22.6 Å². The predicted octanol–water partition coefficient (Wildman–Crippen LogP) is 4.91. The Morgan fingerprint density at radius 2 is 1.57 bits per heavy atom. The minimum Gasteiger partial charge on any atom is -0.401 e. The number of rotatable bonds is 4. The molecule has 0 aliphatic carbocycles. The molecule has 0 saturated carbocycles. The van der Waals surface area contributed by atoms with Crippen molar-refractivity contribution in [1.29, 1.82) is 0 Å². The minimum atomic E-state index is 0.935. The second-order valence-electron chi connectivity index (χ2n) is 1.94. The summed E-state index contributed by atoms with van der Waals surface area (Å²) in [7, 11) is 0. The van der Waals surface area contributed by atoms with Gasteiger partial charge in [-0.3, -0.25) is 0 Å². The van der Waals surface area contributed by atoms with E-state index in [4.69, 9.17) is 5.73 Å². The molecule has 0 atom stereocenters. The van der Waals surface area contributed by atoms with Crippen molar-refractivity contribution in [3.63, 3.8) is 0 Å². The lowest BCUT2D eigenvalue weighted by Crippen LogP contribution is -1.97. The second-order valence-corrected chi connectivity index (χ2v) is 3.00. The van der Waals surface area contributed by atoms with E-state index < -0.39 is 0 Å². The van der Waals surface area contributed by atoms with E-state index in [9.17, 15) is 0 Å². The molecule has 0 rings (SSSR count). The summed E-state index contributed by atoms with van der Waals surface area (Å²) in [6, 6.07) is 0. The Hall–Kier alpha value is -0.370. The summed E-state index contributed by atoms with van der Waals surface area (Å²) in [5.74, 6) is 0. The minimum absolute atomic E-state index is 0.935. The van der Waals surface area contributed by atoms with Crippen molar-refractivity contribution < 1.29 is 0 Å². The molecule has 0 spiro atoms. The molecule has 14 heavy (non-hydrogen) atoms. The standard InChI is InChI=1S/C8H15NS.2C2H6/c1-4-7(9)8(5-2)10-6-3;2*1-2/h6H,3-5,9H2,1-2H3;2*1-2H3/b8-7-;;. The fourth-order valence-electron chi connectivity index (χ4n) is 0.684. The van der Waals surface area contributed by atoms with Gasteiger partial charge in [-0.2, -0.15) is 0 Å². The molecule has 0 aromatic carbocycles. The normalized spacial score (nSPS) is 9.86. The van der Waals surface area contributed by atoms with Crippen LogP contribution in [0.3, 0.4) is 0 Å². The van der Waals surface area contributed by atoms with Crippen LogP contribution in [0.1, 0.15) is 54.4 Å². The van der Waals surface area contributed by atoms with Gasteiger partial charge in [-0.1, -0.05) is 48.1 Å². The molecule has 0 unspecified atom stereocenters. The average molecular weight is 217 g/mol. The van der Waals surface area contributed by atoms with E-state index in [-0.39, 0.29) is 0 Å². The van der Waals surface area contributed by atoms with Crippen LogP contribution in [0.25, 0.3) is 0 Å². The van der Waals surface area contributed by atoms with E-state index in [0.717, 1.165) is 18.5 Å². The van der Waals surface area contributed by atoms with Crippen LogP contribution in [0.2, 0.25) is 0 Å². The Balaban J connectivity index is -0.000000266. The first kappa shape index (κ1) is 19.2. The van der Waals surface area contributed by atoms with Gasteiger partial charge in [-0.05, 0) is 18.2 Å². The molecule has 0 aliphatic rings. The summed E-state index contributed by atoms with van der Waals surface area (Å²) >= 11 is 1.63. The second kappa shape index (κ2) is 18.4. The Kier molecular flexibility index (Phi) is 25.3. The Morgan fingerprint density at radius 3 is 1.79 bits per heavy atom. The van der Waals surface area contributed by atoms with Crippen molar-refractivity contribution in [3.05, 3.63) is 22.6 Å². The molecule has 0 saturated heterocycles. The summed E-state index contributed by atoms with van der Waals surface area (Å²) in [5.41, 5.74) is 6.72. The van der Waals surface area contributed by atoms with Gasteiger partial charge >= 0.3 is 0 Å². The van der Waals surface area contributed by atoms with Crippen molar-refractivity contribution in [3.8, 4) is 0 Å². The molecule has 0 bridgehead atoms. The van der Waals surface area contributed by atoms with E-state index in [1.807, 2.05) is 33.1 Å². The summed E-state index contributed by atoms with van der Waals surface area (Å²) in [6.07, 6.45) is 1.94. The van der Waals surface area contributed by atoms with Gasteiger partial charge in [0.15, 0.2) is 0 Å². The van der Waals surface area contributed by atoms with Crippen molar-refractivity contribution in [1.82, 2.24) is 0 Å². The number of allylic oxidation sites excluding steroid dienone is 2. The smallest absolute Gasteiger partial charge is 0.0177 e. The lowest BCUT2D eigenvalue weighted by Gasteiger charge is -2.03. The Bertz CT molecular complexity index is 139. The fraction of sp³-hybridized carbons (Fsp3) is 0.667. The predicted molar refractivity (Wildman–Crippen MR) is 72.3 cm³/mol. The van der Waals surface area contributed by atoms with Gasteiger partial charge in [0.05, 0.1) is 0 Å². The van der Waals surface area contributed by atoms with Crippen molar-refractivity contribution >= 4 is 11.8 Å². The average Bonchev–Trinajstić information content (AvgIpc) is 2.30. The molecule has 2 heteroatoms. The molecule has 0 aliphatic heterocycles. The van der Waals surface area contributed by atoms with Crippen LogP contribution in [0.5, 0.6) is 0 Å². The van der Waals surface area contributed by atoms with Gasteiger partial charge in [0.2, 0.25) is 0 Å². The molecule has 2 N–H and O–H groups in total. The largest absolute Gasteiger partial charge is 0.401 e. The van der Waals surface area contributed by atoms with Gasteiger partial charge in [-0.25, -0.2) is 0 Å². The van der Waals surface area contributed by atoms with Crippen LogP contribution < -0.4 is 5.73 Å². The van der Waals surface area contributed by atoms with Gasteiger partial charge in [0.25, 0.3) is 0 Å². The quantitative estimate of drug-likeness (QED) is 0.724. The molecule has 1 nitrogen and oxygen atoms in total. The monoisotopic (exact) mass is 217 g/mol. The zero-order valence-corrected chi connectivity index (χ0v) is 11.5. The fourth-order valence-corrected chi connectivity index (χ4v) is 1.35. The van der Waals surface area contributed by atoms with Crippen LogP contribution in [0, 0.1) is 0 Å². The molecule has 0 heterocycles. The lowest BCUT2D eigenvalue weighted by atomic mass is 10.3. The number of nitrogens with two attached hydrogens (primary N) is 1. The zero-order chi connectivity index (χ0) is 12.0. The summed E-state index contributed by atoms with van der Waals surface area (Å²) in [6.45, 7) is 15.8. The SMILES string of the molecule is C=CS/C(CC)=C(\N)CC.CC.CC. The van der Waals surface area contributed by atoms with E-state index in [1.165, 1.54) is 4.91 Å². The molecule has 0 aromatic rings.